The van der Waals surface area contributed by atoms with Crippen LogP contribution in [0.4, 0.5) is 0 Å². The number of para-hydroxylation sites is 2. The minimum atomic E-state index is -2.29. The summed E-state index contributed by atoms with van der Waals surface area (Å²) in [6.07, 6.45) is 0. The molecule has 5 aromatic rings. The summed E-state index contributed by atoms with van der Waals surface area (Å²) in [5.41, 5.74) is 0. The molecule has 0 aliphatic rings. The number of ether oxygens (including phenoxy) is 1. The third-order valence-corrected chi connectivity index (χ3v) is 12.1. The molecule has 0 aliphatic carbocycles. The molecular weight excluding hydrogens is 450 g/mol. The Balaban J connectivity index is 1.60. The van der Waals surface area contributed by atoms with Crippen molar-refractivity contribution in [2.45, 2.75) is 0 Å². The quantitative estimate of drug-likeness (QED) is 0.270. The van der Waals surface area contributed by atoms with Crippen LogP contribution in [0.1, 0.15) is 0 Å². The summed E-state index contributed by atoms with van der Waals surface area (Å²) in [6.45, 7) is 2.43. The Kier molecular flexibility index (Phi) is 6.87. The molecule has 0 aliphatic heterocycles. The van der Waals surface area contributed by atoms with Crippen molar-refractivity contribution in [3.8, 4) is 11.5 Å². The Morgan fingerprint density at radius 2 is 0.971 bits per heavy atom. The van der Waals surface area contributed by atoms with Gasteiger partial charge in [-0.15, -0.1) is 0 Å². The van der Waals surface area contributed by atoms with E-state index in [4.69, 9.17) is 4.74 Å². The average Bonchev–Trinajstić information content (AvgIpc) is 2.91. The maximum atomic E-state index is 6.74. The minimum absolute atomic E-state index is 0.543. The van der Waals surface area contributed by atoms with Crippen molar-refractivity contribution in [1.29, 1.82) is 0 Å². The first kappa shape index (κ1) is 22.5. The Bertz CT molecular complexity index is 1310. The van der Waals surface area contributed by atoms with Crippen molar-refractivity contribution in [3.63, 3.8) is 0 Å². The van der Waals surface area contributed by atoms with Gasteiger partial charge in [-0.05, 0) is 0 Å². The fourth-order valence-electron chi connectivity index (χ4n) is 4.44. The first-order valence-corrected chi connectivity index (χ1v) is 15.0. The van der Waals surface area contributed by atoms with Gasteiger partial charge in [0.1, 0.15) is 0 Å². The molecule has 1 unspecified atom stereocenters. The Morgan fingerprint density at radius 1 is 0.500 bits per heavy atom. The molecule has 0 N–H and O–H groups in total. The molecular formula is C31H28OP2. The molecule has 0 bridgehead atoms. The molecule has 0 saturated carbocycles. The third kappa shape index (κ3) is 4.69. The van der Waals surface area contributed by atoms with Gasteiger partial charge in [0, 0.05) is 0 Å². The van der Waals surface area contributed by atoms with Gasteiger partial charge in [0.25, 0.3) is 0 Å². The van der Waals surface area contributed by atoms with Crippen LogP contribution in [0, 0.1) is 0 Å². The third-order valence-electron chi connectivity index (χ3n) is 6.29. The van der Waals surface area contributed by atoms with Crippen LogP contribution in [0.3, 0.4) is 0 Å². The van der Waals surface area contributed by atoms with Crippen LogP contribution in [0.25, 0.3) is 0 Å². The number of benzene rings is 5. The predicted molar refractivity (Wildman–Crippen MR) is 153 cm³/mol. The van der Waals surface area contributed by atoms with Gasteiger partial charge >= 0.3 is 205 Å². The average molecular weight is 479 g/mol. The van der Waals surface area contributed by atoms with Gasteiger partial charge in [0.15, 0.2) is 0 Å². The van der Waals surface area contributed by atoms with Crippen LogP contribution >= 0.6 is 15.8 Å². The molecule has 0 spiro atoms. The van der Waals surface area contributed by atoms with Crippen molar-refractivity contribution in [3.05, 3.63) is 140 Å². The molecule has 1 nitrogen and oxygen atoms in total. The van der Waals surface area contributed by atoms with Crippen LogP contribution in [0.15, 0.2) is 140 Å². The van der Waals surface area contributed by atoms with Gasteiger partial charge < -0.3 is 0 Å². The number of hydrogen-bond donors (Lipinski definition) is 0. The van der Waals surface area contributed by atoms with Crippen LogP contribution in [-0.4, -0.2) is 6.66 Å². The molecule has 1 atom stereocenters. The van der Waals surface area contributed by atoms with Crippen molar-refractivity contribution >= 4 is 42.4 Å². The topological polar surface area (TPSA) is 9.23 Å². The van der Waals surface area contributed by atoms with E-state index >= 15 is 0 Å². The second-order valence-corrected chi connectivity index (χ2v) is 13.8. The summed E-state index contributed by atoms with van der Waals surface area (Å²) in [5, 5.41) is 6.55. The molecule has 168 valence electrons. The second-order valence-electron chi connectivity index (χ2n) is 8.44. The first-order valence-electron chi connectivity index (χ1n) is 11.5. The molecule has 0 radical (unpaired) electrons. The number of hydrogen-bond acceptors (Lipinski definition) is 1. The van der Waals surface area contributed by atoms with Gasteiger partial charge in [-0.2, -0.15) is 0 Å². The van der Waals surface area contributed by atoms with Gasteiger partial charge in [-0.1, -0.05) is 0 Å². The van der Waals surface area contributed by atoms with E-state index in [-0.39, 0.29) is 0 Å². The molecule has 5 aromatic carbocycles. The van der Waals surface area contributed by atoms with E-state index in [1.165, 1.54) is 26.5 Å². The molecule has 0 aromatic heterocycles. The molecule has 5 rings (SSSR count). The zero-order valence-corrected chi connectivity index (χ0v) is 21.2. The summed E-state index contributed by atoms with van der Waals surface area (Å²) >= 11 is 0. The van der Waals surface area contributed by atoms with E-state index in [1.54, 1.807) is 0 Å². The van der Waals surface area contributed by atoms with Crippen molar-refractivity contribution < 1.29 is 4.74 Å². The first-order chi connectivity index (χ1) is 16.7. The summed E-state index contributed by atoms with van der Waals surface area (Å²) in [7, 11) is -1.75. The van der Waals surface area contributed by atoms with E-state index in [1.807, 2.05) is 0 Å². The number of rotatable bonds is 7. The summed E-state index contributed by atoms with van der Waals surface area (Å²) in [6, 6.07) is 49.4. The van der Waals surface area contributed by atoms with Crippen LogP contribution in [0.2, 0.25) is 0 Å². The second kappa shape index (κ2) is 10.4. The Hall–Kier alpha value is -3.24. The zero-order chi connectivity index (χ0) is 23.2. The predicted octanol–water partition coefficient (Wildman–Crippen LogP) is 5.76. The fraction of sp³-hybridized carbons (Fsp3) is 0.0323. The van der Waals surface area contributed by atoms with E-state index in [2.05, 4.69) is 146 Å². The standard InChI is InChI=1S/C31H28OP2/c1-34(26-17-7-3-8-18-26,27-19-9-4-10-20-27)31-24-14-12-22-29(31)32-28-21-11-13-23-30(28)33-25-15-5-2-6-16-25/h2-24,33-34H,1H3. The fourth-order valence-corrected chi connectivity index (χ4v) is 9.28. The van der Waals surface area contributed by atoms with E-state index in [0.717, 1.165) is 11.5 Å². The molecule has 0 fully saturated rings. The van der Waals surface area contributed by atoms with Gasteiger partial charge in [-0.25, -0.2) is 0 Å². The van der Waals surface area contributed by atoms with Crippen LogP contribution < -0.4 is 31.3 Å². The monoisotopic (exact) mass is 478 g/mol. The van der Waals surface area contributed by atoms with E-state index < -0.39 is 7.26 Å². The molecule has 3 heteroatoms. The van der Waals surface area contributed by atoms with Gasteiger partial charge in [-0.3, -0.25) is 0 Å². The molecule has 0 saturated heterocycles. The van der Waals surface area contributed by atoms with Crippen LogP contribution in [0.5, 0.6) is 11.5 Å². The van der Waals surface area contributed by atoms with Gasteiger partial charge in [0.2, 0.25) is 0 Å². The van der Waals surface area contributed by atoms with Crippen LogP contribution in [-0.2, 0) is 0 Å². The summed E-state index contributed by atoms with van der Waals surface area (Å²) in [5.74, 6) is 1.87. The van der Waals surface area contributed by atoms with Crippen molar-refractivity contribution in [2.75, 3.05) is 6.66 Å². The zero-order valence-electron chi connectivity index (χ0n) is 19.2. The normalized spacial score (nSPS) is 12.0. The molecule has 0 heterocycles. The molecule has 34 heavy (non-hydrogen) atoms. The Labute approximate surface area is 204 Å². The van der Waals surface area contributed by atoms with E-state index in [0.29, 0.717) is 8.58 Å². The van der Waals surface area contributed by atoms with Crippen molar-refractivity contribution in [2.24, 2.45) is 0 Å². The summed E-state index contributed by atoms with van der Waals surface area (Å²) < 4.78 is 6.74. The Morgan fingerprint density at radius 3 is 1.59 bits per heavy atom. The SMILES string of the molecule is C[PH](c1ccccc1)(c1ccccc1)c1ccccc1Oc1ccccc1Pc1ccccc1. The van der Waals surface area contributed by atoms with E-state index in [9.17, 15) is 0 Å². The van der Waals surface area contributed by atoms with Gasteiger partial charge in [0.05, 0.1) is 0 Å². The van der Waals surface area contributed by atoms with Crippen molar-refractivity contribution in [1.82, 2.24) is 0 Å². The molecule has 0 amide bonds. The summed E-state index contributed by atoms with van der Waals surface area (Å²) in [4.78, 5) is 0. The maximum absolute atomic E-state index is 6.74.